The van der Waals surface area contributed by atoms with Gasteiger partial charge in [-0.05, 0) is 100 Å². The average Bonchev–Trinajstić information content (AvgIpc) is 3.45. The number of ether oxygens (including phenoxy) is 3. The highest BCUT2D eigenvalue weighted by Crippen LogP contribution is 2.50. The third-order valence-corrected chi connectivity index (χ3v) is 12.8. The maximum Gasteiger partial charge on any atom is 0.114 e. The van der Waals surface area contributed by atoms with Gasteiger partial charge in [0.05, 0.1) is 44.1 Å². The number of hydrogen-bond acceptors (Lipinski definition) is 6. The number of nitrogens with zero attached hydrogens (tertiary/aromatic N) is 4. The molecule has 7 heteroatoms. The van der Waals surface area contributed by atoms with Gasteiger partial charge in [0.25, 0.3) is 0 Å². The Morgan fingerprint density at radius 1 is 0.778 bits per heavy atom. The Labute approximate surface area is 272 Å². The number of likely N-dealkylation sites (tertiary alicyclic amines) is 1. The number of benzene rings is 1. The number of para-hydroxylation sites is 2. The van der Waals surface area contributed by atoms with Gasteiger partial charge in [-0.1, -0.05) is 38.8 Å². The van der Waals surface area contributed by atoms with E-state index < -0.39 is 0 Å². The van der Waals surface area contributed by atoms with Gasteiger partial charge < -0.3 is 23.7 Å². The largest absolute Gasteiger partial charge is 0.382 e. The van der Waals surface area contributed by atoms with Crippen LogP contribution in [0, 0.1) is 23.7 Å². The standard InChI is InChI=1S/C38H60N4O3/c1-27-10-12-29-21-31(27)23-33(22-29)41-32-13-11-28(2)37(41)25-34(24-32)42-36-9-5-4-8-35(36)39-38(42)30-7-6-14-40(26-30)15-16-44-19-20-45-18-17-43-3/h4-5,8-9,27-34,37H,6-7,10-26H2,1-3H3/t27-,28-,29-,30-,31+,32+,33+,34-,37+/m1/s1. The summed E-state index contributed by atoms with van der Waals surface area (Å²) in [7, 11) is 1.71. The van der Waals surface area contributed by atoms with Crippen LogP contribution in [0.4, 0.5) is 0 Å². The Morgan fingerprint density at radius 2 is 1.60 bits per heavy atom. The van der Waals surface area contributed by atoms with Gasteiger partial charge in [-0.2, -0.15) is 0 Å². The van der Waals surface area contributed by atoms with Gasteiger partial charge in [0.1, 0.15) is 5.82 Å². The molecule has 250 valence electrons. The molecule has 3 saturated heterocycles. The van der Waals surface area contributed by atoms with E-state index in [0.717, 1.165) is 62.0 Å². The zero-order chi connectivity index (χ0) is 30.8. The van der Waals surface area contributed by atoms with Crippen molar-refractivity contribution in [2.45, 2.75) is 115 Å². The van der Waals surface area contributed by atoms with Crippen LogP contribution in [-0.2, 0) is 14.2 Å². The summed E-state index contributed by atoms with van der Waals surface area (Å²) >= 11 is 0. The summed E-state index contributed by atoms with van der Waals surface area (Å²) in [6.07, 6.45) is 15.2. The maximum atomic E-state index is 5.93. The molecule has 3 aliphatic heterocycles. The first-order valence-corrected chi connectivity index (χ1v) is 18.7. The predicted octanol–water partition coefficient (Wildman–Crippen LogP) is 6.91. The van der Waals surface area contributed by atoms with Gasteiger partial charge in [0.2, 0.25) is 0 Å². The minimum atomic E-state index is 0.484. The Balaban J connectivity index is 1.05. The summed E-state index contributed by atoms with van der Waals surface area (Å²) in [4.78, 5) is 11.2. The highest BCUT2D eigenvalue weighted by Gasteiger charge is 2.48. The molecule has 4 heterocycles. The molecule has 5 fully saturated rings. The molecule has 0 unspecified atom stereocenters. The smallest absolute Gasteiger partial charge is 0.114 e. The molecule has 0 amide bonds. The number of imidazole rings is 1. The SMILES string of the molecule is COCCOCCOCCN1CCC[C@@H](c2nc3ccccc3n2[C@@H]2C[C@@H]3CC[C@@H](C)[C@H](C2)N3[C@H]2C[C@@H]3CC[C@@H](C)[C@@H](C3)C2)C1. The molecule has 1 aromatic carbocycles. The second-order valence-corrected chi connectivity index (χ2v) is 15.6. The molecular formula is C38H60N4O3. The van der Waals surface area contributed by atoms with Crippen molar-refractivity contribution in [2.75, 3.05) is 59.8 Å². The van der Waals surface area contributed by atoms with E-state index >= 15 is 0 Å². The molecule has 0 N–H and O–H groups in total. The fourth-order valence-electron chi connectivity index (χ4n) is 10.4. The monoisotopic (exact) mass is 620 g/mol. The van der Waals surface area contributed by atoms with Crippen molar-refractivity contribution < 1.29 is 14.2 Å². The summed E-state index contributed by atoms with van der Waals surface area (Å²) in [6, 6.07) is 11.8. The van der Waals surface area contributed by atoms with E-state index in [2.05, 4.69) is 52.5 Å². The molecule has 0 radical (unpaired) electrons. The molecule has 2 saturated carbocycles. The summed E-state index contributed by atoms with van der Waals surface area (Å²) in [5.74, 6) is 5.51. The van der Waals surface area contributed by atoms with E-state index in [1.54, 1.807) is 7.11 Å². The van der Waals surface area contributed by atoms with Crippen LogP contribution in [-0.4, -0.2) is 97.3 Å². The number of hydrogen-bond donors (Lipinski definition) is 0. The van der Waals surface area contributed by atoms with Crippen LogP contribution in [0.25, 0.3) is 11.0 Å². The summed E-state index contributed by atoms with van der Waals surface area (Å²) < 4.78 is 19.3. The first-order valence-electron chi connectivity index (χ1n) is 18.7. The molecule has 1 aromatic heterocycles. The first kappa shape index (κ1) is 32.1. The molecular weight excluding hydrogens is 560 g/mol. The zero-order valence-corrected chi connectivity index (χ0v) is 28.5. The minimum Gasteiger partial charge on any atom is -0.382 e. The van der Waals surface area contributed by atoms with Crippen molar-refractivity contribution in [3.8, 4) is 0 Å². The Kier molecular flexibility index (Phi) is 10.5. The molecule has 2 aliphatic carbocycles. The van der Waals surface area contributed by atoms with Gasteiger partial charge in [-0.15, -0.1) is 0 Å². The molecule has 7 rings (SSSR count). The summed E-state index contributed by atoms with van der Waals surface area (Å²) in [5, 5.41) is 0. The normalized spacial score (nSPS) is 36.0. The van der Waals surface area contributed by atoms with Crippen molar-refractivity contribution in [3.63, 3.8) is 0 Å². The zero-order valence-electron chi connectivity index (χ0n) is 28.5. The number of aromatic nitrogens is 2. The molecule has 0 spiro atoms. The summed E-state index contributed by atoms with van der Waals surface area (Å²) in [5.41, 5.74) is 2.56. The van der Waals surface area contributed by atoms with Crippen molar-refractivity contribution in [1.82, 2.24) is 19.4 Å². The van der Waals surface area contributed by atoms with Crippen LogP contribution < -0.4 is 0 Å². The molecule has 7 nitrogen and oxygen atoms in total. The topological polar surface area (TPSA) is 52.0 Å². The average molecular weight is 621 g/mol. The molecule has 5 aliphatic rings. The van der Waals surface area contributed by atoms with Crippen LogP contribution in [0.15, 0.2) is 24.3 Å². The van der Waals surface area contributed by atoms with E-state index in [0.29, 0.717) is 44.4 Å². The molecule has 9 atom stereocenters. The lowest BCUT2D eigenvalue weighted by Gasteiger charge is -2.58. The van der Waals surface area contributed by atoms with Crippen LogP contribution in [0.1, 0.15) is 102 Å². The fourth-order valence-corrected chi connectivity index (χ4v) is 10.4. The van der Waals surface area contributed by atoms with E-state index in [9.17, 15) is 0 Å². The highest BCUT2D eigenvalue weighted by atomic mass is 16.5. The highest BCUT2D eigenvalue weighted by molar-refractivity contribution is 5.76. The van der Waals surface area contributed by atoms with Crippen molar-refractivity contribution in [2.24, 2.45) is 23.7 Å². The van der Waals surface area contributed by atoms with E-state index in [1.165, 1.54) is 87.5 Å². The minimum absolute atomic E-state index is 0.484. The third kappa shape index (κ3) is 7.04. The maximum absolute atomic E-state index is 5.93. The number of methoxy groups -OCH3 is 1. The Hall–Kier alpha value is -1.51. The lowest BCUT2D eigenvalue weighted by Crippen LogP contribution is -2.61. The van der Waals surface area contributed by atoms with Crippen molar-refractivity contribution in [3.05, 3.63) is 30.1 Å². The molecule has 4 bridgehead atoms. The van der Waals surface area contributed by atoms with E-state index in [1.807, 2.05) is 0 Å². The van der Waals surface area contributed by atoms with Crippen molar-refractivity contribution >= 4 is 11.0 Å². The predicted molar refractivity (Wildman–Crippen MR) is 181 cm³/mol. The quantitative estimate of drug-likeness (QED) is 0.240. The van der Waals surface area contributed by atoms with E-state index in [-0.39, 0.29) is 0 Å². The number of rotatable bonds is 12. The lowest BCUT2D eigenvalue weighted by atomic mass is 9.64. The second-order valence-electron chi connectivity index (χ2n) is 15.6. The van der Waals surface area contributed by atoms with E-state index in [4.69, 9.17) is 19.2 Å². The van der Waals surface area contributed by atoms with Crippen LogP contribution >= 0.6 is 0 Å². The molecule has 45 heavy (non-hydrogen) atoms. The fraction of sp³-hybridized carbons (Fsp3) is 0.816. The van der Waals surface area contributed by atoms with Gasteiger partial charge in [-0.3, -0.25) is 4.90 Å². The lowest BCUT2D eigenvalue weighted by molar-refractivity contribution is -0.0744. The van der Waals surface area contributed by atoms with Crippen LogP contribution in [0.5, 0.6) is 0 Å². The number of piperidine rings is 3. The van der Waals surface area contributed by atoms with Gasteiger partial charge >= 0.3 is 0 Å². The molecule has 2 aromatic rings. The van der Waals surface area contributed by atoms with Crippen LogP contribution in [0.3, 0.4) is 0 Å². The van der Waals surface area contributed by atoms with Crippen LogP contribution in [0.2, 0.25) is 0 Å². The Morgan fingerprint density at radius 3 is 2.49 bits per heavy atom. The third-order valence-electron chi connectivity index (χ3n) is 12.8. The van der Waals surface area contributed by atoms with Gasteiger partial charge in [-0.25, -0.2) is 4.98 Å². The summed E-state index contributed by atoms with van der Waals surface area (Å²) in [6.45, 7) is 11.7. The van der Waals surface area contributed by atoms with Crippen molar-refractivity contribution in [1.29, 1.82) is 0 Å². The van der Waals surface area contributed by atoms with Gasteiger partial charge in [0.15, 0.2) is 0 Å². The number of fused-ring (bicyclic) bond motifs is 5. The Bertz CT molecular complexity index is 1230. The first-order chi connectivity index (χ1) is 22.1. The second kappa shape index (κ2) is 14.7. The van der Waals surface area contributed by atoms with Gasteiger partial charge in [0, 0.05) is 50.3 Å².